The van der Waals surface area contributed by atoms with Crippen LogP contribution in [0.15, 0.2) is 84.9 Å². The minimum Gasteiger partial charge on any atom is -0.292 e. The van der Waals surface area contributed by atoms with Crippen LogP contribution < -0.4 is 10.4 Å². The predicted octanol–water partition coefficient (Wildman–Crippen LogP) is 5.51. The highest BCUT2D eigenvalue weighted by Crippen LogP contribution is 2.28. The van der Waals surface area contributed by atoms with Crippen molar-refractivity contribution in [3.63, 3.8) is 0 Å². The Labute approximate surface area is 129 Å². The number of anilines is 3. The van der Waals surface area contributed by atoms with E-state index in [2.05, 4.69) is 29.7 Å². The van der Waals surface area contributed by atoms with E-state index in [0.29, 0.717) is 5.02 Å². The molecule has 0 unspecified atom stereocenters. The summed E-state index contributed by atoms with van der Waals surface area (Å²) in [5.74, 6) is 0. The minimum atomic E-state index is 0.689. The summed E-state index contributed by atoms with van der Waals surface area (Å²) in [6.45, 7) is 0. The molecule has 0 aliphatic heterocycles. The zero-order chi connectivity index (χ0) is 14.5. The van der Waals surface area contributed by atoms with Crippen LogP contribution in [0, 0.1) is 0 Å². The molecule has 2 nitrogen and oxygen atoms in total. The van der Waals surface area contributed by atoms with E-state index in [1.807, 2.05) is 65.7 Å². The molecule has 0 radical (unpaired) electrons. The second-order valence-electron chi connectivity index (χ2n) is 4.60. The predicted molar refractivity (Wildman–Crippen MR) is 90.1 cm³/mol. The monoisotopic (exact) mass is 294 g/mol. The van der Waals surface area contributed by atoms with Crippen LogP contribution in [0.1, 0.15) is 0 Å². The highest BCUT2D eigenvalue weighted by Gasteiger charge is 2.10. The Balaban J connectivity index is 1.99. The molecule has 0 saturated carbocycles. The molecule has 0 heterocycles. The number of hydrogen-bond acceptors (Lipinski definition) is 2. The number of rotatable bonds is 4. The third-order valence-corrected chi connectivity index (χ3v) is 3.46. The van der Waals surface area contributed by atoms with E-state index in [-0.39, 0.29) is 0 Å². The molecule has 0 fully saturated rings. The molecule has 0 saturated heterocycles. The Hall–Kier alpha value is -2.45. The number of halogens is 1. The van der Waals surface area contributed by atoms with Crippen molar-refractivity contribution in [2.75, 3.05) is 10.4 Å². The van der Waals surface area contributed by atoms with E-state index in [4.69, 9.17) is 11.6 Å². The van der Waals surface area contributed by atoms with Gasteiger partial charge in [0.15, 0.2) is 0 Å². The molecule has 0 amide bonds. The molecule has 0 aromatic heterocycles. The topological polar surface area (TPSA) is 15.3 Å². The lowest BCUT2D eigenvalue weighted by Crippen LogP contribution is -2.24. The van der Waals surface area contributed by atoms with E-state index in [1.54, 1.807) is 0 Å². The Morgan fingerprint density at radius 1 is 0.619 bits per heavy atom. The molecular formula is C18H15ClN2. The van der Waals surface area contributed by atoms with Crippen molar-refractivity contribution >= 4 is 28.7 Å². The van der Waals surface area contributed by atoms with Gasteiger partial charge < -0.3 is 0 Å². The van der Waals surface area contributed by atoms with Gasteiger partial charge >= 0.3 is 0 Å². The quantitative estimate of drug-likeness (QED) is 0.639. The first-order valence-electron chi connectivity index (χ1n) is 6.76. The smallest absolute Gasteiger partial charge is 0.0732 e. The van der Waals surface area contributed by atoms with Gasteiger partial charge in [-0.05, 0) is 36.4 Å². The molecule has 0 spiro atoms. The number of hydrazine groups is 1. The van der Waals surface area contributed by atoms with Gasteiger partial charge in [-0.2, -0.15) is 0 Å². The van der Waals surface area contributed by atoms with Gasteiger partial charge in [-0.15, -0.1) is 0 Å². The summed E-state index contributed by atoms with van der Waals surface area (Å²) < 4.78 is 0. The number of nitrogens with zero attached hydrogens (tertiary/aromatic N) is 1. The normalized spacial score (nSPS) is 10.1. The Morgan fingerprint density at radius 3 is 1.62 bits per heavy atom. The maximum atomic E-state index is 6.25. The number of benzene rings is 3. The maximum absolute atomic E-state index is 6.25. The summed E-state index contributed by atoms with van der Waals surface area (Å²) in [7, 11) is 0. The fraction of sp³-hybridized carbons (Fsp3) is 0. The van der Waals surface area contributed by atoms with Gasteiger partial charge in [0, 0.05) is 0 Å². The van der Waals surface area contributed by atoms with Crippen LogP contribution in [0.3, 0.4) is 0 Å². The van der Waals surface area contributed by atoms with Gasteiger partial charge in [-0.25, -0.2) is 0 Å². The largest absolute Gasteiger partial charge is 0.292 e. The maximum Gasteiger partial charge on any atom is 0.0732 e. The second kappa shape index (κ2) is 6.33. The first kappa shape index (κ1) is 13.5. The molecule has 3 aromatic rings. The zero-order valence-corrected chi connectivity index (χ0v) is 12.2. The lowest BCUT2D eigenvalue weighted by Gasteiger charge is -2.27. The number of para-hydroxylation sites is 3. The third kappa shape index (κ3) is 3.18. The van der Waals surface area contributed by atoms with Crippen molar-refractivity contribution in [2.45, 2.75) is 0 Å². The van der Waals surface area contributed by atoms with Crippen molar-refractivity contribution in [1.82, 2.24) is 0 Å². The summed E-state index contributed by atoms with van der Waals surface area (Å²) in [6, 6.07) is 28.0. The van der Waals surface area contributed by atoms with Crippen molar-refractivity contribution < 1.29 is 0 Å². The van der Waals surface area contributed by atoms with Gasteiger partial charge in [0.1, 0.15) is 0 Å². The minimum absolute atomic E-state index is 0.689. The standard InChI is InChI=1S/C18H15ClN2/c19-17-13-7-8-14-18(17)20-21(15-9-3-1-4-10-15)16-11-5-2-6-12-16/h1-14,20H. The summed E-state index contributed by atoms with van der Waals surface area (Å²) in [6.07, 6.45) is 0. The average molecular weight is 295 g/mol. The summed E-state index contributed by atoms with van der Waals surface area (Å²) in [5.41, 5.74) is 6.34. The zero-order valence-electron chi connectivity index (χ0n) is 11.4. The van der Waals surface area contributed by atoms with Gasteiger partial charge in [-0.3, -0.25) is 10.4 Å². The number of hydrogen-bond donors (Lipinski definition) is 1. The summed E-state index contributed by atoms with van der Waals surface area (Å²) >= 11 is 6.25. The molecule has 0 aliphatic rings. The summed E-state index contributed by atoms with van der Waals surface area (Å²) in [5, 5.41) is 2.70. The highest BCUT2D eigenvalue weighted by atomic mass is 35.5. The molecule has 1 N–H and O–H groups in total. The molecule has 0 bridgehead atoms. The fourth-order valence-corrected chi connectivity index (χ4v) is 2.28. The van der Waals surface area contributed by atoms with Crippen molar-refractivity contribution in [2.24, 2.45) is 0 Å². The summed E-state index contributed by atoms with van der Waals surface area (Å²) in [4.78, 5) is 0. The first-order chi connectivity index (χ1) is 10.3. The van der Waals surface area contributed by atoms with Crippen molar-refractivity contribution in [1.29, 1.82) is 0 Å². The molecule has 104 valence electrons. The van der Waals surface area contributed by atoms with Gasteiger partial charge in [0.2, 0.25) is 0 Å². The fourth-order valence-electron chi connectivity index (χ4n) is 2.10. The molecule has 21 heavy (non-hydrogen) atoms. The SMILES string of the molecule is Clc1ccccc1NN(c1ccccc1)c1ccccc1. The number of nitrogens with one attached hydrogen (secondary N) is 1. The van der Waals surface area contributed by atoms with Crippen LogP contribution in [-0.4, -0.2) is 0 Å². The van der Waals surface area contributed by atoms with Crippen LogP contribution in [0.25, 0.3) is 0 Å². The molecular weight excluding hydrogens is 280 g/mol. The molecule has 3 rings (SSSR count). The van der Waals surface area contributed by atoms with Gasteiger partial charge in [-0.1, -0.05) is 60.1 Å². The van der Waals surface area contributed by atoms with Crippen LogP contribution in [0.4, 0.5) is 17.1 Å². The van der Waals surface area contributed by atoms with Gasteiger partial charge in [0.05, 0.1) is 22.1 Å². The van der Waals surface area contributed by atoms with E-state index in [1.165, 1.54) is 0 Å². The third-order valence-electron chi connectivity index (χ3n) is 3.13. The van der Waals surface area contributed by atoms with E-state index < -0.39 is 0 Å². The lowest BCUT2D eigenvalue weighted by molar-refractivity contribution is 1.16. The molecule has 3 heteroatoms. The second-order valence-corrected chi connectivity index (χ2v) is 5.01. The Bertz CT molecular complexity index is 659. The highest BCUT2D eigenvalue weighted by molar-refractivity contribution is 6.33. The Kier molecular flexibility index (Phi) is 4.08. The van der Waals surface area contributed by atoms with E-state index in [0.717, 1.165) is 17.1 Å². The van der Waals surface area contributed by atoms with E-state index in [9.17, 15) is 0 Å². The average Bonchev–Trinajstić information content (AvgIpc) is 2.56. The first-order valence-corrected chi connectivity index (χ1v) is 7.14. The van der Waals surface area contributed by atoms with Crippen LogP contribution >= 0.6 is 11.6 Å². The van der Waals surface area contributed by atoms with Crippen LogP contribution in [0.2, 0.25) is 5.02 Å². The molecule has 0 aliphatic carbocycles. The van der Waals surface area contributed by atoms with Crippen LogP contribution in [-0.2, 0) is 0 Å². The molecule has 0 atom stereocenters. The van der Waals surface area contributed by atoms with Gasteiger partial charge in [0.25, 0.3) is 0 Å². The molecule has 3 aromatic carbocycles. The van der Waals surface area contributed by atoms with E-state index >= 15 is 0 Å². The van der Waals surface area contributed by atoms with Crippen molar-refractivity contribution in [3.05, 3.63) is 90.0 Å². The Morgan fingerprint density at radius 2 is 1.10 bits per heavy atom. The van der Waals surface area contributed by atoms with Crippen molar-refractivity contribution in [3.8, 4) is 0 Å². The lowest BCUT2D eigenvalue weighted by atomic mass is 10.2. The van der Waals surface area contributed by atoms with Crippen LogP contribution in [0.5, 0.6) is 0 Å².